The fourth-order valence-corrected chi connectivity index (χ4v) is 2.40. The maximum absolute atomic E-state index is 12.1. The molecule has 0 aliphatic carbocycles. The highest BCUT2D eigenvalue weighted by molar-refractivity contribution is 8.00. The van der Waals surface area contributed by atoms with Gasteiger partial charge in [-0.15, -0.1) is 11.8 Å². The minimum Gasteiger partial charge on any atom is -0.350 e. The molecule has 2 amide bonds. The Labute approximate surface area is 133 Å². The van der Waals surface area contributed by atoms with Crippen LogP contribution in [0.4, 0.5) is 0 Å². The molecule has 1 rings (SSSR count). The molecule has 0 bridgehead atoms. The molecule has 1 aromatic carbocycles. The van der Waals surface area contributed by atoms with Gasteiger partial charge in [0.2, 0.25) is 11.8 Å². The Kier molecular flexibility index (Phi) is 7.52. The molecule has 0 fully saturated rings. The van der Waals surface area contributed by atoms with Crippen LogP contribution in [-0.4, -0.2) is 28.9 Å². The number of benzene rings is 1. The summed E-state index contributed by atoms with van der Waals surface area (Å²) in [6, 6.07) is 12.2. The van der Waals surface area contributed by atoms with Crippen molar-refractivity contribution in [2.24, 2.45) is 0 Å². The molecule has 0 saturated carbocycles. The molecule has 0 radical (unpaired) electrons. The number of rotatable bonds is 7. The number of thioether (sulfide) groups is 1. The minimum absolute atomic E-state index is 0.159. The first-order valence-corrected chi connectivity index (χ1v) is 7.61. The maximum Gasteiger partial charge on any atom is 0.243 e. The number of carbonyl (C=O) groups is 2. The molecule has 0 aromatic heterocycles. The molecule has 6 nitrogen and oxygen atoms in total. The summed E-state index contributed by atoms with van der Waals surface area (Å²) in [6.45, 7) is 1.66. The number of nitriles is 2. The van der Waals surface area contributed by atoms with Gasteiger partial charge in [-0.05, 0) is 5.56 Å². The van der Waals surface area contributed by atoms with Crippen LogP contribution in [0.5, 0.6) is 0 Å². The van der Waals surface area contributed by atoms with Crippen LogP contribution in [0.15, 0.2) is 30.3 Å². The van der Waals surface area contributed by atoms with E-state index in [0.29, 0.717) is 6.54 Å². The molecular formula is C15H16N4O2S. The standard InChI is InChI=1S/C15H16N4O2S/c1-11(20)19-14(10-22-13(7-16)8-17)15(21)18-9-12-5-3-2-4-6-12/h2-6,13-14H,9-10H2,1H3,(H,18,21)(H,19,20)/t14-/m1/s1. The Bertz CT molecular complexity index is 578. The van der Waals surface area contributed by atoms with Crippen LogP contribution in [0, 0.1) is 22.7 Å². The fourth-order valence-electron chi connectivity index (χ4n) is 1.63. The van der Waals surface area contributed by atoms with E-state index in [4.69, 9.17) is 10.5 Å². The topological polar surface area (TPSA) is 106 Å². The Morgan fingerprint density at radius 1 is 1.23 bits per heavy atom. The van der Waals surface area contributed by atoms with Crippen LogP contribution in [0.1, 0.15) is 12.5 Å². The zero-order valence-electron chi connectivity index (χ0n) is 12.1. The molecule has 0 saturated heterocycles. The van der Waals surface area contributed by atoms with Crippen molar-refractivity contribution in [1.29, 1.82) is 10.5 Å². The van der Waals surface area contributed by atoms with E-state index in [-0.39, 0.29) is 17.6 Å². The van der Waals surface area contributed by atoms with E-state index < -0.39 is 11.3 Å². The maximum atomic E-state index is 12.1. The van der Waals surface area contributed by atoms with Crippen LogP contribution >= 0.6 is 11.8 Å². The van der Waals surface area contributed by atoms with Crippen molar-refractivity contribution in [3.8, 4) is 12.1 Å². The lowest BCUT2D eigenvalue weighted by Gasteiger charge is -2.17. The van der Waals surface area contributed by atoms with E-state index in [0.717, 1.165) is 17.3 Å². The molecule has 7 heteroatoms. The summed E-state index contributed by atoms with van der Waals surface area (Å²) < 4.78 is 0. The third-order valence-corrected chi connectivity index (χ3v) is 3.74. The van der Waals surface area contributed by atoms with Gasteiger partial charge < -0.3 is 10.6 Å². The van der Waals surface area contributed by atoms with E-state index in [1.54, 1.807) is 0 Å². The van der Waals surface area contributed by atoms with Gasteiger partial charge in [0.1, 0.15) is 6.04 Å². The van der Waals surface area contributed by atoms with Crippen molar-refractivity contribution in [3.63, 3.8) is 0 Å². The van der Waals surface area contributed by atoms with Gasteiger partial charge in [-0.2, -0.15) is 10.5 Å². The average Bonchev–Trinajstić information content (AvgIpc) is 2.53. The number of hydrogen-bond donors (Lipinski definition) is 2. The summed E-state index contributed by atoms with van der Waals surface area (Å²) in [7, 11) is 0. The largest absolute Gasteiger partial charge is 0.350 e. The molecule has 114 valence electrons. The first-order chi connectivity index (χ1) is 10.6. The zero-order chi connectivity index (χ0) is 16.4. The molecule has 0 aliphatic rings. The number of hydrogen-bond acceptors (Lipinski definition) is 5. The van der Waals surface area contributed by atoms with Crippen molar-refractivity contribution in [1.82, 2.24) is 10.6 Å². The SMILES string of the molecule is CC(=O)N[C@H](CSC(C#N)C#N)C(=O)NCc1ccccc1. The second-order valence-electron chi connectivity index (χ2n) is 4.43. The summed E-state index contributed by atoms with van der Waals surface area (Å²) in [5, 5.41) is 21.9. The Hall–Kier alpha value is -2.51. The van der Waals surface area contributed by atoms with Gasteiger partial charge >= 0.3 is 0 Å². The smallest absolute Gasteiger partial charge is 0.243 e. The van der Waals surface area contributed by atoms with Gasteiger partial charge in [-0.1, -0.05) is 30.3 Å². The number of amides is 2. The second kappa shape index (κ2) is 9.43. The number of carbonyl (C=O) groups excluding carboxylic acids is 2. The van der Waals surface area contributed by atoms with Crippen molar-refractivity contribution in [3.05, 3.63) is 35.9 Å². The molecule has 0 unspecified atom stereocenters. The molecule has 1 aromatic rings. The minimum atomic E-state index is -0.863. The average molecular weight is 316 g/mol. The molecule has 0 heterocycles. The summed E-state index contributed by atoms with van der Waals surface area (Å²) in [6.07, 6.45) is 0. The first-order valence-electron chi connectivity index (χ1n) is 6.56. The van der Waals surface area contributed by atoms with E-state index in [1.807, 2.05) is 42.5 Å². The Balaban J connectivity index is 2.58. The predicted octanol–water partition coefficient (Wildman–Crippen LogP) is 0.956. The van der Waals surface area contributed by atoms with E-state index in [2.05, 4.69) is 10.6 Å². The molecule has 0 aliphatic heterocycles. The van der Waals surface area contributed by atoms with E-state index >= 15 is 0 Å². The van der Waals surface area contributed by atoms with Gasteiger partial charge in [-0.25, -0.2) is 0 Å². The fraction of sp³-hybridized carbons (Fsp3) is 0.333. The molecule has 22 heavy (non-hydrogen) atoms. The third kappa shape index (κ3) is 6.29. The molecule has 0 spiro atoms. The number of nitrogens with zero attached hydrogens (tertiary/aromatic N) is 2. The quantitative estimate of drug-likeness (QED) is 0.779. The summed E-state index contributed by atoms with van der Waals surface area (Å²) in [5.74, 6) is -0.529. The van der Waals surface area contributed by atoms with Crippen LogP contribution < -0.4 is 10.6 Å². The number of nitrogens with one attached hydrogen (secondary N) is 2. The molecule has 1 atom stereocenters. The van der Waals surface area contributed by atoms with Crippen LogP contribution in [-0.2, 0) is 16.1 Å². The molecular weight excluding hydrogens is 300 g/mol. The zero-order valence-corrected chi connectivity index (χ0v) is 12.9. The summed E-state index contributed by atoms with van der Waals surface area (Å²) in [4.78, 5) is 23.3. The van der Waals surface area contributed by atoms with E-state index in [9.17, 15) is 9.59 Å². The highest BCUT2D eigenvalue weighted by atomic mass is 32.2. The lowest BCUT2D eigenvalue weighted by Crippen LogP contribution is -2.47. The van der Waals surface area contributed by atoms with Crippen molar-refractivity contribution >= 4 is 23.6 Å². The lowest BCUT2D eigenvalue weighted by atomic mass is 10.2. The Morgan fingerprint density at radius 3 is 2.41 bits per heavy atom. The van der Waals surface area contributed by atoms with Crippen LogP contribution in [0.3, 0.4) is 0 Å². The Morgan fingerprint density at radius 2 is 1.86 bits per heavy atom. The van der Waals surface area contributed by atoms with Crippen LogP contribution in [0.25, 0.3) is 0 Å². The molecule has 2 N–H and O–H groups in total. The summed E-state index contributed by atoms with van der Waals surface area (Å²) in [5.41, 5.74) is 0.942. The summed E-state index contributed by atoms with van der Waals surface area (Å²) >= 11 is 1.02. The van der Waals surface area contributed by atoms with E-state index in [1.165, 1.54) is 6.92 Å². The predicted molar refractivity (Wildman–Crippen MR) is 83.4 cm³/mol. The third-order valence-electron chi connectivity index (χ3n) is 2.67. The van der Waals surface area contributed by atoms with Gasteiger partial charge in [0.05, 0.1) is 12.1 Å². The lowest BCUT2D eigenvalue weighted by molar-refractivity contribution is -0.127. The van der Waals surface area contributed by atoms with Gasteiger partial charge in [-0.3, -0.25) is 9.59 Å². The monoisotopic (exact) mass is 316 g/mol. The van der Waals surface area contributed by atoms with Gasteiger partial charge in [0, 0.05) is 19.2 Å². The van der Waals surface area contributed by atoms with Crippen molar-refractivity contribution < 1.29 is 9.59 Å². The van der Waals surface area contributed by atoms with Gasteiger partial charge in [0.15, 0.2) is 5.25 Å². The highest BCUT2D eigenvalue weighted by Crippen LogP contribution is 2.11. The van der Waals surface area contributed by atoms with Crippen molar-refractivity contribution in [2.75, 3.05) is 5.75 Å². The van der Waals surface area contributed by atoms with Gasteiger partial charge in [0.25, 0.3) is 0 Å². The normalized spacial score (nSPS) is 11.1. The highest BCUT2D eigenvalue weighted by Gasteiger charge is 2.21. The van der Waals surface area contributed by atoms with Crippen LogP contribution in [0.2, 0.25) is 0 Å². The second-order valence-corrected chi connectivity index (χ2v) is 5.57. The van der Waals surface area contributed by atoms with Crippen molar-refractivity contribution in [2.45, 2.75) is 24.8 Å². The first kappa shape index (κ1) is 17.5.